The largest absolute Gasteiger partial charge is 0.376 e. The molecule has 0 bridgehead atoms. The first-order valence-corrected chi connectivity index (χ1v) is 2.56. The van der Waals surface area contributed by atoms with Crippen LogP contribution in [0.2, 0.25) is 0 Å². The zero-order valence-corrected chi connectivity index (χ0v) is 4.17. The lowest BCUT2D eigenvalue weighted by atomic mass is 10.9. The van der Waals surface area contributed by atoms with Gasteiger partial charge in [0.15, 0.2) is 0 Å². The van der Waals surface area contributed by atoms with Crippen LogP contribution in [0.4, 0.5) is 0 Å². The zero-order chi connectivity index (χ0) is 4.28. The standard InChI is InChI=1S/C3H7OS/c1-3(4)5-2/h4H,1-2H3. The van der Waals surface area contributed by atoms with Gasteiger partial charge in [0.25, 0.3) is 0 Å². The number of aliphatic hydroxyl groups excluding tert-OH is 1. The summed E-state index contributed by atoms with van der Waals surface area (Å²) in [6.45, 7) is 1.66. The summed E-state index contributed by atoms with van der Waals surface area (Å²) in [4.78, 5) is 0. The summed E-state index contributed by atoms with van der Waals surface area (Å²) in [7, 11) is 0. The third-order valence-corrected chi connectivity index (χ3v) is 0.886. The minimum Gasteiger partial charge on any atom is -0.376 e. The molecule has 2 heteroatoms. The van der Waals surface area contributed by atoms with E-state index in [1.54, 1.807) is 6.92 Å². The molecule has 0 atom stereocenters. The van der Waals surface area contributed by atoms with Gasteiger partial charge in [-0.3, -0.25) is 0 Å². The molecule has 0 heterocycles. The maximum atomic E-state index is 8.24. The van der Waals surface area contributed by atoms with Crippen LogP contribution in [0, 0.1) is 5.44 Å². The van der Waals surface area contributed by atoms with Crippen molar-refractivity contribution in [2.24, 2.45) is 0 Å². The van der Waals surface area contributed by atoms with E-state index in [0.717, 1.165) is 0 Å². The molecule has 0 spiro atoms. The summed E-state index contributed by atoms with van der Waals surface area (Å²) in [6.07, 6.45) is 1.83. The number of aliphatic hydroxyl groups is 1. The molecule has 0 unspecified atom stereocenters. The zero-order valence-electron chi connectivity index (χ0n) is 3.36. The second-order valence-electron chi connectivity index (χ2n) is 0.723. The Balaban J connectivity index is 2.54. The topological polar surface area (TPSA) is 20.2 Å². The van der Waals surface area contributed by atoms with Crippen LogP contribution in [0.15, 0.2) is 0 Å². The Morgan fingerprint density at radius 3 is 2.00 bits per heavy atom. The molecular weight excluding hydrogens is 84.1 g/mol. The molecule has 0 fully saturated rings. The number of hydrogen-bond donors (Lipinski definition) is 1. The molecular formula is C3H7OS. The van der Waals surface area contributed by atoms with E-state index in [9.17, 15) is 0 Å². The molecule has 1 radical (unpaired) electrons. The summed E-state index contributed by atoms with van der Waals surface area (Å²) < 4.78 is 0. The molecule has 0 aliphatic heterocycles. The summed E-state index contributed by atoms with van der Waals surface area (Å²) >= 11 is 1.35. The second kappa shape index (κ2) is 2.54. The summed E-state index contributed by atoms with van der Waals surface area (Å²) in [5.74, 6) is 0. The van der Waals surface area contributed by atoms with E-state index in [4.69, 9.17) is 5.11 Å². The van der Waals surface area contributed by atoms with E-state index in [0.29, 0.717) is 5.44 Å². The Hall–Kier alpha value is 0.310. The minimum atomic E-state index is 0.421. The quantitative estimate of drug-likeness (QED) is 0.523. The third-order valence-electron chi connectivity index (χ3n) is 0.295. The highest BCUT2D eigenvalue weighted by molar-refractivity contribution is 8.01. The fourth-order valence-electron chi connectivity index (χ4n) is 0. The molecule has 0 aliphatic rings. The molecule has 0 rings (SSSR count). The summed E-state index contributed by atoms with van der Waals surface area (Å²) in [5.41, 5.74) is 0.421. The van der Waals surface area contributed by atoms with Crippen LogP contribution in [0.5, 0.6) is 0 Å². The van der Waals surface area contributed by atoms with Crippen molar-refractivity contribution < 1.29 is 5.11 Å². The highest BCUT2D eigenvalue weighted by Gasteiger charge is 1.84. The van der Waals surface area contributed by atoms with Gasteiger partial charge in [0, 0.05) is 0 Å². The van der Waals surface area contributed by atoms with Crippen molar-refractivity contribution >= 4 is 11.8 Å². The van der Waals surface area contributed by atoms with E-state index in [1.807, 2.05) is 6.26 Å². The molecule has 0 aromatic heterocycles. The first-order chi connectivity index (χ1) is 2.27. The second-order valence-corrected chi connectivity index (χ2v) is 1.72. The van der Waals surface area contributed by atoms with Gasteiger partial charge in [-0.15, -0.1) is 11.8 Å². The maximum Gasteiger partial charge on any atom is 0.145 e. The monoisotopic (exact) mass is 91.0 g/mol. The van der Waals surface area contributed by atoms with Gasteiger partial charge in [-0.1, -0.05) is 0 Å². The SMILES string of the molecule is CS[C](C)O. The van der Waals surface area contributed by atoms with Gasteiger partial charge < -0.3 is 5.11 Å². The van der Waals surface area contributed by atoms with E-state index >= 15 is 0 Å². The number of rotatable bonds is 1. The fraction of sp³-hybridized carbons (Fsp3) is 0.667. The molecule has 1 N–H and O–H groups in total. The van der Waals surface area contributed by atoms with Crippen molar-refractivity contribution in [3.8, 4) is 0 Å². The molecule has 0 aromatic rings. The van der Waals surface area contributed by atoms with Gasteiger partial charge >= 0.3 is 0 Å². The van der Waals surface area contributed by atoms with Crippen molar-refractivity contribution in [3.05, 3.63) is 5.44 Å². The molecule has 1 nitrogen and oxygen atoms in total. The Kier molecular flexibility index (Phi) is 2.70. The third kappa shape index (κ3) is 4.31. The number of hydrogen-bond acceptors (Lipinski definition) is 2. The number of thioether (sulfide) groups is 1. The van der Waals surface area contributed by atoms with Crippen LogP contribution in [0.3, 0.4) is 0 Å². The van der Waals surface area contributed by atoms with E-state index in [2.05, 4.69) is 0 Å². The van der Waals surface area contributed by atoms with Crippen molar-refractivity contribution in [2.75, 3.05) is 6.26 Å². The van der Waals surface area contributed by atoms with Crippen LogP contribution in [-0.2, 0) is 0 Å². The summed E-state index contributed by atoms with van der Waals surface area (Å²) in [5, 5.41) is 8.24. The van der Waals surface area contributed by atoms with Crippen LogP contribution in [0.25, 0.3) is 0 Å². The molecule has 5 heavy (non-hydrogen) atoms. The Morgan fingerprint density at radius 2 is 2.00 bits per heavy atom. The lowest BCUT2D eigenvalue weighted by Gasteiger charge is -1.88. The molecule has 0 aromatic carbocycles. The maximum absolute atomic E-state index is 8.24. The average Bonchev–Trinajstić information content (AvgIpc) is 1.38. The lowest BCUT2D eigenvalue weighted by Crippen LogP contribution is -1.73. The van der Waals surface area contributed by atoms with Crippen molar-refractivity contribution in [2.45, 2.75) is 6.92 Å². The van der Waals surface area contributed by atoms with Crippen molar-refractivity contribution in [1.82, 2.24) is 0 Å². The van der Waals surface area contributed by atoms with Crippen LogP contribution < -0.4 is 0 Å². The highest BCUT2D eigenvalue weighted by Crippen LogP contribution is 2.06. The first kappa shape index (κ1) is 5.31. The predicted octanol–water partition coefficient (Wildman–Crippen LogP) is 1.23. The van der Waals surface area contributed by atoms with E-state index in [-0.39, 0.29) is 0 Å². The first-order valence-electron chi connectivity index (χ1n) is 1.34. The van der Waals surface area contributed by atoms with Gasteiger partial charge in [-0.25, -0.2) is 0 Å². The molecule has 0 saturated carbocycles. The van der Waals surface area contributed by atoms with Gasteiger partial charge in [0.05, 0.1) is 0 Å². The highest BCUT2D eigenvalue weighted by atomic mass is 32.2. The summed E-state index contributed by atoms with van der Waals surface area (Å²) in [6, 6.07) is 0. The Morgan fingerprint density at radius 1 is 1.80 bits per heavy atom. The smallest absolute Gasteiger partial charge is 0.145 e. The van der Waals surface area contributed by atoms with E-state index < -0.39 is 0 Å². The molecule has 0 amide bonds. The predicted molar refractivity (Wildman–Crippen MR) is 24.4 cm³/mol. The fourth-order valence-corrected chi connectivity index (χ4v) is 0. The molecule has 0 aliphatic carbocycles. The minimum absolute atomic E-state index is 0.421. The Labute approximate surface area is 36.4 Å². The van der Waals surface area contributed by atoms with Crippen LogP contribution in [0.1, 0.15) is 6.92 Å². The molecule has 31 valence electrons. The van der Waals surface area contributed by atoms with Gasteiger partial charge in [0.1, 0.15) is 5.44 Å². The Bertz CT molecular complexity index is 20.9. The average molecular weight is 91.2 g/mol. The van der Waals surface area contributed by atoms with Crippen LogP contribution in [-0.4, -0.2) is 11.4 Å². The molecule has 0 saturated heterocycles. The van der Waals surface area contributed by atoms with Crippen molar-refractivity contribution in [1.29, 1.82) is 0 Å². The lowest BCUT2D eigenvalue weighted by molar-refractivity contribution is 0.379. The van der Waals surface area contributed by atoms with Gasteiger partial charge in [0.2, 0.25) is 0 Å². The normalized spacial score (nSPS) is 9.60. The van der Waals surface area contributed by atoms with Crippen molar-refractivity contribution in [3.63, 3.8) is 0 Å². The van der Waals surface area contributed by atoms with Gasteiger partial charge in [-0.2, -0.15) is 0 Å². The van der Waals surface area contributed by atoms with Gasteiger partial charge in [-0.05, 0) is 13.2 Å². The van der Waals surface area contributed by atoms with Crippen LogP contribution >= 0.6 is 11.8 Å². The van der Waals surface area contributed by atoms with E-state index in [1.165, 1.54) is 11.8 Å².